The van der Waals surface area contributed by atoms with E-state index < -0.39 is 0 Å². The minimum atomic E-state index is 0.830. The lowest BCUT2D eigenvalue weighted by molar-refractivity contribution is 0.691. The molecule has 0 amide bonds. The molecule has 0 fully saturated rings. The van der Waals surface area contributed by atoms with Crippen molar-refractivity contribution in [2.24, 2.45) is 0 Å². The van der Waals surface area contributed by atoms with E-state index >= 15 is 0 Å². The van der Waals surface area contributed by atoms with Crippen molar-refractivity contribution in [2.75, 3.05) is 0 Å². The van der Waals surface area contributed by atoms with Crippen molar-refractivity contribution in [1.82, 2.24) is 15.5 Å². The van der Waals surface area contributed by atoms with Crippen molar-refractivity contribution in [2.45, 2.75) is 20.0 Å². The Morgan fingerprint density at radius 1 is 1.38 bits per heavy atom. The Hall–Kier alpha value is -1.13. The van der Waals surface area contributed by atoms with Gasteiger partial charge in [-0.1, -0.05) is 28.1 Å². The topological polar surface area (TPSA) is 40.7 Å². The van der Waals surface area contributed by atoms with Crippen LogP contribution in [-0.2, 0) is 13.1 Å². The number of rotatable bonds is 4. The second kappa shape index (κ2) is 5.27. The van der Waals surface area contributed by atoms with Gasteiger partial charge in [0.1, 0.15) is 0 Å². The summed E-state index contributed by atoms with van der Waals surface area (Å²) < 4.78 is 1.16. The van der Waals surface area contributed by atoms with Crippen molar-refractivity contribution in [3.63, 3.8) is 0 Å². The Labute approximate surface area is 103 Å². The standard InChI is InChI=1S/C12H14BrN3/c1-9-2-3-11(12(13)4-9)8-14-5-10-6-15-16-7-10/h2-4,6-7,14H,5,8H2,1H3,(H,15,16). The van der Waals surface area contributed by atoms with Gasteiger partial charge in [-0.3, -0.25) is 5.10 Å². The number of hydrogen-bond acceptors (Lipinski definition) is 2. The summed E-state index contributed by atoms with van der Waals surface area (Å²) in [5, 5.41) is 10.1. The minimum absolute atomic E-state index is 0.830. The lowest BCUT2D eigenvalue weighted by Gasteiger charge is -2.06. The Morgan fingerprint density at radius 3 is 2.94 bits per heavy atom. The first-order chi connectivity index (χ1) is 7.75. The first-order valence-corrected chi connectivity index (χ1v) is 5.98. The van der Waals surface area contributed by atoms with Gasteiger partial charge in [-0.2, -0.15) is 5.10 Å². The monoisotopic (exact) mass is 279 g/mol. The third-order valence-corrected chi connectivity index (χ3v) is 3.15. The van der Waals surface area contributed by atoms with Gasteiger partial charge in [0.15, 0.2) is 0 Å². The molecule has 4 heteroatoms. The predicted octanol–water partition coefficient (Wildman–Crippen LogP) is 2.77. The fourth-order valence-electron chi connectivity index (χ4n) is 1.51. The molecule has 16 heavy (non-hydrogen) atoms. The molecule has 0 bridgehead atoms. The van der Waals surface area contributed by atoms with Crippen molar-refractivity contribution >= 4 is 15.9 Å². The van der Waals surface area contributed by atoms with E-state index in [9.17, 15) is 0 Å². The van der Waals surface area contributed by atoms with Crippen LogP contribution in [0.1, 0.15) is 16.7 Å². The van der Waals surface area contributed by atoms with Crippen LogP contribution in [0.5, 0.6) is 0 Å². The minimum Gasteiger partial charge on any atom is -0.308 e. The van der Waals surface area contributed by atoms with Crippen LogP contribution in [0.3, 0.4) is 0 Å². The van der Waals surface area contributed by atoms with Crippen LogP contribution in [0.4, 0.5) is 0 Å². The molecule has 0 radical (unpaired) electrons. The molecule has 2 N–H and O–H groups in total. The fraction of sp³-hybridized carbons (Fsp3) is 0.250. The number of nitrogens with one attached hydrogen (secondary N) is 2. The number of hydrogen-bond donors (Lipinski definition) is 2. The second-order valence-corrected chi connectivity index (χ2v) is 4.66. The van der Waals surface area contributed by atoms with E-state index in [2.05, 4.69) is 56.6 Å². The van der Waals surface area contributed by atoms with Crippen LogP contribution in [-0.4, -0.2) is 10.2 Å². The molecule has 0 aliphatic rings. The SMILES string of the molecule is Cc1ccc(CNCc2cn[nH]c2)c(Br)c1. The van der Waals surface area contributed by atoms with Crippen LogP contribution < -0.4 is 5.32 Å². The Morgan fingerprint density at radius 2 is 2.25 bits per heavy atom. The van der Waals surface area contributed by atoms with Gasteiger partial charge in [-0.05, 0) is 24.1 Å². The van der Waals surface area contributed by atoms with Crippen molar-refractivity contribution in [3.05, 3.63) is 51.8 Å². The molecule has 0 aliphatic carbocycles. The van der Waals surface area contributed by atoms with E-state index in [-0.39, 0.29) is 0 Å². The van der Waals surface area contributed by atoms with E-state index in [1.807, 2.05) is 12.4 Å². The summed E-state index contributed by atoms with van der Waals surface area (Å²) in [5.74, 6) is 0. The zero-order chi connectivity index (χ0) is 11.4. The molecule has 0 unspecified atom stereocenters. The highest BCUT2D eigenvalue weighted by molar-refractivity contribution is 9.10. The summed E-state index contributed by atoms with van der Waals surface area (Å²) in [6, 6.07) is 6.40. The molecule has 3 nitrogen and oxygen atoms in total. The summed E-state index contributed by atoms with van der Waals surface area (Å²) in [4.78, 5) is 0. The largest absolute Gasteiger partial charge is 0.308 e. The molecule has 0 spiro atoms. The summed E-state index contributed by atoms with van der Waals surface area (Å²) in [6.07, 6.45) is 3.73. The first kappa shape index (κ1) is 11.4. The van der Waals surface area contributed by atoms with Crippen LogP contribution in [0, 0.1) is 6.92 Å². The molecule has 1 aromatic carbocycles. The van der Waals surface area contributed by atoms with Crippen LogP contribution in [0.25, 0.3) is 0 Å². The number of nitrogens with zero attached hydrogens (tertiary/aromatic N) is 1. The third-order valence-electron chi connectivity index (χ3n) is 2.41. The molecule has 0 saturated carbocycles. The summed E-state index contributed by atoms with van der Waals surface area (Å²) in [6.45, 7) is 3.77. The van der Waals surface area contributed by atoms with Crippen LogP contribution in [0.2, 0.25) is 0 Å². The van der Waals surface area contributed by atoms with Crippen molar-refractivity contribution in [3.8, 4) is 0 Å². The number of halogens is 1. The maximum absolute atomic E-state index is 3.90. The smallest absolute Gasteiger partial charge is 0.0532 e. The van der Waals surface area contributed by atoms with Gasteiger partial charge in [0.25, 0.3) is 0 Å². The Balaban J connectivity index is 1.90. The molecule has 2 rings (SSSR count). The highest BCUT2D eigenvalue weighted by atomic mass is 79.9. The van der Waals surface area contributed by atoms with E-state index in [4.69, 9.17) is 0 Å². The summed E-state index contributed by atoms with van der Waals surface area (Å²) in [5.41, 5.74) is 3.71. The predicted molar refractivity (Wildman–Crippen MR) is 68.0 cm³/mol. The molecule has 1 heterocycles. The highest BCUT2D eigenvalue weighted by Gasteiger charge is 2.00. The zero-order valence-corrected chi connectivity index (χ0v) is 10.7. The molecule has 2 aromatic rings. The van der Waals surface area contributed by atoms with Crippen LogP contribution in [0.15, 0.2) is 35.1 Å². The normalized spacial score (nSPS) is 10.6. The average Bonchev–Trinajstić information content (AvgIpc) is 2.74. The second-order valence-electron chi connectivity index (χ2n) is 3.80. The zero-order valence-electron chi connectivity index (χ0n) is 9.13. The van der Waals surface area contributed by atoms with Gasteiger partial charge in [-0.25, -0.2) is 0 Å². The quantitative estimate of drug-likeness (QED) is 0.904. The molecular formula is C12H14BrN3. The lowest BCUT2D eigenvalue weighted by Crippen LogP contribution is -2.12. The lowest BCUT2D eigenvalue weighted by atomic mass is 10.1. The maximum Gasteiger partial charge on any atom is 0.0532 e. The van der Waals surface area contributed by atoms with E-state index in [1.165, 1.54) is 16.7 Å². The van der Waals surface area contributed by atoms with Gasteiger partial charge in [-0.15, -0.1) is 0 Å². The van der Waals surface area contributed by atoms with Gasteiger partial charge in [0.05, 0.1) is 6.20 Å². The van der Waals surface area contributed by atoms with E-state index in [0.29, 0.717) is 0 Å². The van der Waals surface area contributed by atoms with Crippen molar-refractivity contribution < 1.29 is 0 Å². The Bertz CT molecular complexity index is 451. The summed E-state index contributed by atoms with van der Waals surface area (Å²) in [7, 11) is 0. The van der Waals surface area contributed by atoms with Gasteiger partial charge in [0.2, 0.25) is 0 Å². The van der Waals surface area contributed by atoms with Gasteiger partial charge >= 0.3 is 0 Å². The fourth-order valence-corrected chi connectivity index (χ4v) is 2.14. The van der Waals surface area contributed by atoms with E-state index in [1.54, 1.807) is 0 Å². The van der Waals surface area contributed by atoms with Gasteiger partial charge in [0, 0.05) is 29.3 Å². The molecule has 0 aliphatic heterocycles. The van der Waals surface area contributed by atoms with Crippen molar-refractivity contribution in [1.29, 1.82) is 0 Å². The average molecular weight is 280 g/mol. The van der Waals surface area contributed by atoms with E-state index in [0.717, 1.165) is 17.6 Å². The highest BCUT2D eigenvalue weighted by Crippen LogP contribution is 2.18. The maximum atomic E-state index is 3.90. The first-order valence-electron chi connectivity index (χ1n) is 5.19. The molecule has 0 atom stereocenters. The summed E-state index contributed by atoms with van der Waals surface area (Å²) >= 11 is 3.57. The third kappa shape index (κ3) is 2.93. The number of aromatic nitrogens is 2. The molecular weight excluding hydrogens is 266 g/mol. The number of aryl methyl sites for hydroxylation is 1. The molecule has 1 aromatic heterocycles. The molecule has 0 saturated heterocycles. The van der Waals surface area contributed by atoms with Crippen LogP contribution >= 0.6 is 15.9 Å². The number of H-pyrrole nitrogens is 1. The molecule has 84 valence electrons. The van der Waals surface area contributed by atoms with Gasteiger partial charge < -0.3 is 5.32 Å². The number of benzene rings is 1. The number of aromatic amines is 1. The Kier molecular flexibility index (Phi) is 3.74.